The zero-order chi connectivity index (χ0) is 10.1. The van der Waals surface area contributed by atoms with Gasteiger partial charge in [0, 0.05) is 5.39 Å². The molecule has 1 radical (unpaired) electrons. The molecule has 0 saturated carbocycles. The molecule has 0 unspecified atom stereocenters. The molecule has 0 nitrogen and oxygen atoms in total. The van der Waals surface area contributed by atoms with Crippen molar-refractivity contribution in [3.05, 3.63) is 54.5 Å². The summed E-state index contributed by atoms with van der Waals surface area (Å²) in [5, 5.41) is 1.06. The van der Waals surface area contributed by atoms with E-state index in [0.717, 1.165) is 17.0 Å². The molecule has 0 aliphatic carbocycles. The molecule has 0 heterocycles. The third-order valence-electron chi connectivity index (χ3n) is 2.31. The third kappa shape index (κ3) is 1.27. The van der Waals surface area contributed by atoms with Crippen molar-refractivity contribution in [1.82, 2.24) is 0 Å². The molecule has 2 aromatic carbocycles. The van der Waals surface area contributed by atoms with E-state index in [2.05, 4.69) is 6.92 Å². The van der Waals surface area contributed by atoms with Gasteiger partial charge in [-0.1, -0.05) is 24.3 Å². The summed E-state index contributed by atoms with van der Waals surface area (Å²) >= 11 is 0. The summed E-state index contributed by atoms with van der Waals surface area (Å²) in [6.45, 7) is 3.74. The van der Waals surface area contributed by atoms with Gasteiger partial charge in [0.15, 0.2) is 11.6 Å². The fourth-order valence-electron chi connectivity index (χ4n) is 1.58. The lowest BCUT2D eigenvalue weighted by Gasteiger charge is -2.04. The summed E-state index contributed by atoms with van der Waals surface area (Å²) in [4.78, 5) is 0. The first kappa shape index (κ1) is 9.13. The Morgan fingerprint density at radius 3 is 2.50 bits per heavy atom. The highest BCUT2D eigenvalue weighted by molar-refractivity contribution is 5.86. The maximum Gasteiger partial charge on any atom is 0.166 e. The molecule has 71 valence electrons. The van der Waals surface area contributed by atoms with Crippen LogP contribution in [-0.4, -0.2) is 0 Å². The predicted molar refractivity (Wildman–Crippen MR) is 52.9 cm³/mol. The van der Waals surface area contributed by atoms with Crippen molar-refractivity contribution in [3.8, 4) is 0 Å². The Labute approximate surface area is 81.2 Å². The normalized spacial score (nSPS) is 10.8. The first-order valence-electron chi connectivity index (χ1n) is 4.39. The summed E-state index contributed by atoms with van der Waals surface area (Å²) in [7, 11) is 0. The van der Waals surface area contributed by atoms with E-state index in [-0.39, 0.29) is 0 Å². The van der Waals surface area contributed by atoms with Gasteiger partial charge in [0.25, 0.3) is 0 Å². The van der Waals surface area contributed by atoms with E-state index in [1.807, 2.05) is 6.07 Å². The molecule has 0 N–H and O–H groups in total. The maximum absolute atomic E-state index is 13.3. The van der Waals surface area contributed by atoms with Gasteiger partial charge in [-0.25, -0.2) is 8.78 Å². The van der Waals surface area contributed by atoms with E-state index in [4.69, 9.17) is 0 Å². The lowest BCUT2D eigenvalue weighted by Crippen LogP contribution is -1.89. The summed E-state index contributed by atoms with van der Waals surface area (Å²) in [6.07, 6.45) is 0.572. The van der Waals surface area contributed by atoms with Crippen LogP contribution in [0.25, 0.3) is 10.8 Å². The van der Waals surface area contributed by atoms with E-state index in [9.17, 15) is 8.78 Å². The Morgan fingerprint density at radius 2 is 1.79 bits per heavy atom. The van der Waals surface area contributed by atoms with Crippen LogP contribution in [-0.2, 0) is 6.42 Å². The minimum atomic E-state index is -0.807. The first-order valence-corrected chi connectivity index (χ1v) is 4.39. The van der Waals surface area contributed by atoms with Gasteiger partial charge in [-0.05, 0) is 30.4 Å². The van der Waals surface area contributed by atoms with Crippen LogP contribution in [0.15, 0.2) is 30.3 Å². The van der Waals surface area contributed by atoms with Crippen molar-refractivity contribution >= 4 is 10.8 Å². The van der Waals surface area contributed by atoms with Gasteiger partial charge in [-0.3, -0.25) is 0 Å². The predicted octanol–water partition coefficient (Wildman–Crippen LogP) is 3.49. The van der Waals surface area contributed by atoms with E-state index < -0.39 is 11.6 Å². The minimum absolute atomic E-state index is 0.325. The molecule has 0 aliphatic heterocycles. The van der Waals surface area contributed by atoms with Crippen molar-refractivity contribution in [1.29, 1.82) is 0 Å². The highest BCUT2D eigenvalue weighted by atomic mass is 19.2. The smallest absolute Gasteiger partial charge is 0.166 e. The standard InChI is InChI=1S/C12H9F2/c1-2-8-4-3-5-10-9(8)6-7-11(13)12(10)14/h3-7H,1-2H2. The summed E-state index contributed by atoms with van der Waals surface area (Å²) < 4.78 is 26.2. The third-order valence-corrected chi connectivity index (χ3v) is 2.31. The largest absolute Gasteiger partial charge is 0.204 e. The maximum atomic E-state index is 13.3. The van der Waals surface area contributed by atoms with Crippen LogP contribution in [0.4, 0.5) is 8.78 Å². The molecule has 0 amide bonds. The van der Waals surface area contributed by atoms with Crippen LogP contribution in [0.5, 0.6) is 0 Å². The van der Waals surface area contributed by atoms with Crippen LogP contribution < -0.4 is 0 Å². The lowest BCUT2D eigenvalue weighted by molar-refractivity contribution is 0.517. The average molecular weight is 191 g/mol. The molecule has 2 aromatic rings. The zero-order valence-corrected chi connectivity index (χ0v) is 7.56. The van der Waals surface area contributed by atoms with Crippen molar-refractivity contribution in [3.63, 3.8) is 0 Å². The molecule has 0 atom stereocenters. The second-order valence-electron chi connectivity index (χ2n) is 3.12. The molecule has 2 heteroatoms. The van der Waals surface area contributed by atoms with Crippen LogP contribution in [0.1, 0.15) is 5.56 Å². The number of hydrogen-bond acceptors (Lipinski definition) is 0. The quantitative estimate of drug-likeness (QED) is 0.647. The van der Waals surface area contributed by atoms with Crippen LogP contribution in [0.3, 0.4) is 0 Å². The van der Waals surface area contributed by atoms with Gasteiger partial charge in [-0.2, -0.15) is 0 Å². The Hall–Kier alpha value is -1.44. The van der Waals surface area contributed by atoms with E-state index >= 15 is 0 Å². The monoisotopic (exact) mass is 191 g/mol. The van der Waals surface area contributed by atoms with Gasteiger partial charge in [0.1, 0.15) is 0 Å². The minimum Gasteiger partial charge on any atom is -0.204 e. The topological polar surface area (TPSA) is 0 Å². The highest BCUT2D eigenvalue weighted by Crippen LogP contribution is 2.23. The number of halogens is 2. The molecule has 2 rings (SSSR count). The summed E-state index contributed by atoms with van der Waals surface area (Å²) in [5.74, 6) is -1.59. The highest BCUT2D eigenvalue weighted by Gasteiger charge is 2.07. The van der Waals surface area contributed by atoms with Crippen molar-refractivity contribution in [2.75, 3.05) is 0 Å². The number of benzene rings is 2. The molecule has 0 aliphatic rings. The Bertz CT molecular complexity index is 475. The van der Waals surface area contributed by atoms with Gasteiger partial charge in [-0.15, -0.1) is 0 Å². The van der Waals surface area contributed by atoms with Crippen molar-refractivity contribution in [2.45, 2.75) is 6.42 Å². The Balaban J connectivity index is 2.86. The Kier molecular flexibility index (Phi) is 2.20. The van der Waals surface area contributed by atoms with E-state index in [0.29, 0.717) is 11.8 Å². The number of hydrogen-bond donors (Lipinski definition) is 0. The first-order chi connectivity index (χ1) is 6.74. The zero-order valence-electron chi connectivity index (χ0n) is 7.56. The van der Waals surface area contributed by atoms with Crippen LogP contribution in [0.2, 0.25) is 0 Å². The molecule has 0 saturated heterocycles. The fourth-order valence-corrected chi connectivity index (χ4v) is 1.58. The summed E-state index contributed by atoms with van der Waals surface area (Å²) in [6, 6.07) is 7.90. The van der Waals surface area contributed by atoms with Gasteiger partial charge < -0.3 is 0 Å². The molecule has 0 aromatic heterocycles. The van der Waals surface area contributed by atoms with Gasteiger partial charge >= 0.3 is 0 Å². The average Bonchev–Trinajstić information content (AvgIpc) is 2.23. The second kappa shape index (κ2) is 3.37. The molecular formula is C12H9F2. The van der Waals surface area contributed by atoms with Crippen molar-refractivity contribution < 1.29 is 8.78 Å². The molecule has 0 spiro atoms. The SMILES string of the molecule is [CH2]Cc1cccc2c(F)c(F)ccc12. The van der Waals surface area contributed by atoms with Crippen LogP contribution in [0, 0.1) is 18.6 Å². The number of rotatable bonds is 1. The molecule has 14 heavy (non-hydrogen) atoms. The Morgan fingerprint density at radius 1 is 1.00 bits per heavy atom. The molecule has 0 fully saturated rings. The van der Waals surface area contributed by atoms with Gasteiger partial charge in [0.05, 0.1) is 0 Å². The van der Waals surface area contributed by atoms with E-state index in [1.54, 1.807) is 18.2 Å². The second-order valence-corrected chi connectivity index (χ2v) is 3.12. The fraction of sp³-hybridized carbons (Fsp3) is 0.0833. The lowest BCUT2D eigenvalue weighted by atomic mass is 10.0. The van der Waals surface area contributed by atoms with Gasteiger partial charge in [0.2, 0.25) is 0 Å². The molecular weight excluding hydrogens is 182 g/mol. The van der Waals surface area contributed by atoms with Crippen LogP contribution >= 0.6 is 0 Å². The molecule has 0 bridgehead atoms. The van der Waals surface area contributed by atoms with Crippen molar-refractivity contribution in [2.24, 2.45) is 0 Å². The number of fused-ring (bicyclic) bond motifs is 1. The summed E-state index contributed by atoms with van der Waals surface area (Å²) in [5.41, 5.74) is 0.932. The van der Waals surface area contributed by atoms with E-state index in [1.165, 1.54) is 0 Å².